The highest BCUT2D eigenvalue weighted by Crippen LogP contribution is 2.32. The van der Waals surface area contributed by atoms with Crippen molar-refractivity contribution >= 4 is 17.7 Å². The zero-order valence-electron chi connectivity index (χ0n) is 11.2. The number of rotatable bonds is 7. The van der Waals surface area contributed by atoms with Crippen LogP contribution in [-0.2, 0) is 16.1 Å². The lowest BCUT2D eigenvalue weighted by Crippen LogP contribution is -2.44. The summed E-state index contributed by atoms with van der Waals surface area (Å²) in [5.41, 5.74) is 0.513. The molecule has 0 saturated heterocycles. The number of aromatic nitrogens is 2. The minimum atomic E-state index is -1.00. The molecule has 20 heavy (non-hydrogen) atoms. The minimum Gasteiger partial charge on any atom is -0.480 e. The summed E-state index contributed by atoms with van der Waals surface area (Å²) in [6.45, 7) is 1.11. The number of carboxylic acids is 1. The van der Waals surface area contributed by atoms with Gasteiger partial charge < -0.3 is 20.5 Å². The summed E-state index contributed by atoms with van der Waals surface area (Å²) in [7, 11) is 1.60. The van der Waals surface area contributed by atoms with Crippen LogP contribution in [0.15, 0.2) is 12.4 Å². The fourth-order valence-corrected chi connectivity index (χ4v) is 1.85. The average Bonchev–Trinajstić information content (AvgIpc) is 3.14. The highest BCUT2D eigenvalue weighted by Gasteiger charge is 2.37. The average molecular weight is 282 g/mol. The molecule has 2 rings (SSSR count). The van der Waals surface area contributed by atoms with Crippen LogP contribution in [0, 0.1) is 5.92 Å². The van der Waals surface area contributed by atoms with E-state index in [9.17, 15) is 9.59 Å². The maximum atomic E-state index is 11.7. The standard InChI is InChI=1S/C12H18N4O4/c1-20-5-4-16-7-9(6-13-16)14-12(19)15-10(11(17)18)8-2-3-8/h6-8,10H,2-5H2,1H3,(H,17,18)(H2,14,15,19). The Kier molecular flexibility index (Phi) is 4.57. The van der Waals surface area contributed by atoms with Crippen LogP contribution in [0.3, 0.4) is 0 Å². The largest absolute Gasteiger partial charge is 0.480 e. The Balaban J connectivity index is 1.84. The number of hydrogen-bond acceptors (Lipinski definition) is 4. The van der Waals surface area contributed by atoms with Crippen molar-refractivity contribution in [3.05, 3.63) is 12.4 Å². The molecule has 1 fully saturated rings. The molecule has 1 aromatic heterocycles. The van der Waals surface area contributed by atoms with Crippen molar-refractivity contribution in [2.24, 2.45) is 5.92 Å². The molecule has 2 amide bonds. The zero-order chi connectivity index (χ0) is 14.5. The van der Waals surface area contributed by atoms with Crippen LogP contribution < -0.4 is 10.6 Å². The van der Waals surface area contributed by atoms with Gasteiger partial charge in [-0.25, -0.2) is 9.59 Å². The smallest absolute Gasteiger partial charge is 0.326 e. The van der Waals surface area contributed by atoms with E-state index in [1.54, 1.807) is 18.0 Å². The molecule has 1 aliphatic rings. The van der Waals surface area contributed by atoms with Gasteiger partial charge in [-0.15, -0.1) is 0 Å². The van der Waals surface area contributed by atoms with E-state index in [2.05, 4.69) is 15.7 Å². The maximum Gasteiger partial charge on any atom is 0.326 e. The van der Waals surface area contributed by atoms with E-state index >= 15 is 0 Å². The van der Waals surface area contributed by atoms with Crippen molar-refractivity contribution in [1.29, 1.82) is 0 Å². The van der Waals surface area contributed by atoms with E-state index in [4.69, 9.17) is 9.84 Å². The second-order valence-corrected chi connectivity index (χ2v) is 4.74. The van der Waals surface area contributed by atoms with Crippen molar-refractivity contribution < 1.29 is 19.4 Å². The van der Waals surface area contributed by atoms with Crippen LogP contribution in [0.5, 0.6) is 0 Å². The molecule has 0 spiro atoms. The van der Waals surface area contributed by atoms with E-state index in [0.29, 0.717) is 18.8 Å². The van der Waals surface area contributed by atoms with Crippen LogP contribution >= 0.6 is 0 Å². The van der Waals surface area contributed by atoms with Gasteiger partial charge in [-0.3, -0.25) is 4.68 Å². The molecule has 0 bridgehead atoms. The SMILES string of the molecule is COCCn1cc(NC(=O)NC(C(=O)O)C2CC2)cn1. The summed E-state index contributed by atoms with van der Waals surface area (Å²) in [5.74, 6) is -0.957. The Labute approximate surface area is 116 Å². The Morgan fingerprint density at radius 2 is 2.35 bits per heavy atom. The Morgan fingerprint density at radius 3 is 2.95 bits per heavy atom. The normalized spacial score (nSPS) is 15.7. The second kappa shape index (κ2) is 6.38. The number of anilines is 1. The van der Waals surface area contributed by atoms with Crippen molar-refractivity contribution in [1.82, 2.24) is 15.1 Å². The first-order valence-corrected chi connectivity index (χ1v) is 6.42. The molecule has 3 N–H and O–H groups in total. The van der Waals surface area contributed by atoms with Gasteiger partial charge in [-0.1, -0.05) is 0 Å². The summed E-state index contributed by atoms with van der Waals surface area (Å²) < 4.78 is 6.56. The molecule has 0 radical (unpaired) electrons. The predicted molar refractivity (Wildman–Crippen MR) is 70.4 cm³/mol. The Morgan fingerprint density at radius 1 is 1.60 bits per heavy atom. The van der Waals surface area contributed by atoms with Crippen molar-refractivity contribution in [3.63, 3.8) is 0 Å². The number of carboxylic acid groups (broad SMARTS) is 1. The Bertz CT molecular complexity index is 484. The fourth-order valence-electron chi connectivity index (χ4n) is 1.85. The Hall–Kier alpha value is -2.09. The van der Waals surface area contributed by atoms with Gasteiger partial charge in [0.05, 0.1) is 25.0 Å². The quantitative estimate of drug-likeness (QED) is 0.676. The third-order valence-corrected chi connectivity index (χ3v) is 3.06. The highest BCUT2D eigenvalue weighted by molar-refractivity contribution is 5.92. The third-order valence-electron chi connectivity index (χ3n) is 3.06. The summed E-state index contributed by atoms with van der Waals surface area (Å²) in [6, 6.07) is -1.35. The first-order chi connectivity index (χ1) is 9.60. The van der Waals surface area contributed by atoms with Gasteiger partial charge in [0.15, 0.2) is 0 Å². The lowest BCUT2D eigenvalue weighted by molar-refractivity contribution is -0.139. The molecular formula is C12H18N4O4. The van der Waals surface area contributed by atoms with Crippen LogP contribution in [0.25, 0.3) is 0 Å². The number of carbonyl (C=O) groups is 2. The van der Waals surface area contributed by atoms with E-state index < -0.39 is 18.0 Å². The summed E-state index contributed by atoms with van der Waals surface area (Å²) in [5, 5.41) is 18.1. The van der Waals surface area contributed by atoms with Gasteiger partial charge in [-0.2, -0.15) is 5.10 Å². The van der Waals surface area contributed by atoms with Crippen LogP contribution in [0.4, 0.5) is 10.5 Å². The minimum absolute atomic E-state index is 0.0441. The summed E-state index contributed by atoms with van der Waals surface area (Å²) >= 11 is 0. The molecule has 1 aromatic rings. The van der Waals surface area contributed by atoms with Crippen LogP contribution in [-0.4, -0.2) is 46.6 Å². The lowest BCUT2D eigenvalue weighted by atomic mass is 10.2. The first kappa shape index (κ1) is 14.3. The number of nitrogens with one attached hydrogen (secondary N) is 2. The van der Waals surface area contributed by atoms with Gasteiger partial charge >= 0.3 is 12.0 Å². The topological polar surface area (TPSA) is 105 Å². The third kappa shape index (κ3) is 3.95. The molecule has 1 heterocycles. The van der Waals surface area contributed by atoms with E-state index in [0.717, 1.165) is 12.8 Å². The van der Waals surface area contributed by atoms with Gasteiger partial charge in [0.2, 0.25) is 0 Å². The zero-order valence-corrected chi connectivity index (χ0v) is 11.2. The molecule has 8 nitrogen and oxygen atoms in total. The summed E-state index contributed by atoms with van der Waals surface area (Å²) in [4.78, 5) is 22.8. The van der Waals surface area contributed by atoms with Gasteiger partial charge in [0.1, 0.15) is 6.04 Å². The molecule has 110 valence electrons. The predicted octanol–water partition coefficient (Wildman–Crippen LogP) is 0.514. The number of urea groups is 1. The number of carbonyl (C=O) groups excluding carboxylic acids is 1. The molecule has 1 saturated carbocycles. The fraction of sp³-hybridized carbons (Fsp3) is 0.583. The number of aliphatic carboxylic acids is 1. The summed E-state index contributed by atoms with van der Waals surface area (Å²) in [6.07, 6.45) is 4.84. The lowest BCUT2D eigenvalue weighted by Gasteiger charge is -2.13. The van der Waals surface area contributed by atoms with Crippen LogP contribution in [0.1, 0.15) is 12.8 Å². The molecule has 8 heteroatoms. The monoisotopic (exact) mass is 282 g/mol. The van der Waals surface area contributed by atoms with E-state index in [1.807, 2.05) is 0 Å². The van der Waals surface area contributed by atoms with Gasteiger partial charge in [-0.05, 0) is 18.8 Å². The van der Waals surface area contributed by atoms with E-state index in [-0.39, 0.29) is 5.92 Å². The number of amides is 2. The molecule has 1 atom stereocenters. The maximum absolute atomic E-state index is 11.7. The number of ether oxygens (including phenoxy) is 1. The first-order valence-electron chi connectivity index (χ1n) is 6.42. The number of hydrogen-bond donors (Lipinski definition) is 3. The highest BCUT2D eigenvalue weighted by atomic mass is 16.5. The van der Waals surface area contributed by atoms with Gasteiger partial charge in [0, 0.05) is 13.3 Å². The van der Waals surface area contributed by atoms with Crippen molar-refractivity contribution in [3.8, 4) is 0 Å². The molecule has 1 aliphatic carbocycles. The molecule has 0 aromatic carbocycles. The molecular weight excluding hydrogens is 264 g/mol. The second-order valence-electron chi connectivity index (χ2n) is 4.74. The number of methoxy groups -OCH3 is 1. The van der Waals surface area contributed by atoms with E-state index in [1.165, 1.54) is 6.20 Å². The molecule has 0 aliphatic heterocycles. The molecule has 1 unspecified atom stereocenters. The van der Waals surface area contributed by atoms with Crippen molar-refractivity contribution in [2.75, 3.05) is 19.0 Å². The van der Waals surface area contributed by atoms with Crippen LogP contribution in [0.2, 0.25) is 0 Å². The van der Waals surface area contributed by atoms with Gasteiger partial charge in [0.25, 0.3) is 0 Å². The number of nitrogens with zero attached hydrogens (tertiary/aromatic N) is 2. The van der Waals surface area contributed by atoms with Crippen molar-refractivity contribution in [2.45, 2.75) is 25.4 Å².